The van der Waals surface area contributed by atoms with Gasteiger partial charge in [-0.2, -0.15) is 0 Å². The summed E-state index contributed by atoms with van der Waals surface area (Å²) in [6.45, 7) is 1.22. The van der Waals surface area contributed by atoms with Gasteiger partial charge < -0.3 is 19.9 Å². The Hall–Kier alpha value is -3.61. The number of aromatic nitrogens is 2. The van der Waals surface area contributed by atoms with Crippen LogP contribution in [-0.4, -0.2) is 27.6 Å². The zero-order chi connectivity index (χ0) is 20.1. The maximum absolute atomic E-state index is 11.5. The third-order valence-electron chi connectivity index (χ3n) is 4.49. The van der Waals surface area contributed by atoms with E-state index in [2.05, 4.69) is 15.3 Å². The first-order chi connectivity index (χ1) is 14.2. The van der Waals surface area contributed by atoms with Crippen LogP contribution in [0.1, 0.15) is 28.8 Å². The molecule has 0 unspecified atom stereocenters. The Morgan fingerprint density at radius 2 is 1.86 bits per heavy atom. The lowest BCUT2D eigenvalue weighted by Crippen LogP contribution is -2.05. The predicted molar refractivity (Wildman–Crippen MR) is 107 cm³/mol. The molecule has 148 valence electrons. The van der Waals surface area contributed by atoms with Gasteiger partial charge in [0.25, 0.3) is 0 Å². The van der Waals surface area contributed by atoms with Gasteiger partial charge >= 0.3 is 5.97 Å². The van der Waals surface area contributed by atoms with Gasteiger partial charge in [-0.15, -0.1) is 0 Å². The maximum Gasteiger partial charge on any atom is 0.335 e. The molecule has 0 radical (unpaired) electrons. The highest BCUT2D eigenvalue weighted by Gasteiger charge is 2.20. The lowest BCUT2D eigenvalue weighted by molar-refractivity contribution is 0.0696. The van der Waals surface area contributed by atoms with Gasteiger partial charge in [-0.3, -0.25) is 0 Å². The molecule has 1 saturated carbocycles. The number of ether oxygens (including phenoxy) is 2. The van der Waals surface area contributed by atoms with E-state index in [-0.39, 0.29) is 11.4 Å². The van der Waals surface area contributed by atoms with E-state index in [4.69, 9.17) is 9.47 Å². The summed E-state index contributed by atoms with van der Waals surface area (Å²) in [6, 6.07) is 14.2. The number of carbonyl (C=O) groups is 1. The SMILES string of the molecule is O=C(O)c1cc(OCc2ccccc2)cc(Oc2cnc(NCC3CC3)cn2)c1. The molecule has 0 spiro atoms. The molecule has 1 aromatic heterocycles. The third kappa shape index (κ3) is 5.44. The van der Waals surface area contributed by atoms with E-state index >= 15 is 0 Å². The van der Waals surface area contributed by atoms with Crippen molar-refractivity contribution >= 4 is 11.8 Å². The van der Waals surface area contributed by atoms with E-state index < -0.39 is 5.97 Å². The molecule has 1 fully saturated rings. The van der Waals surface area contributed by atoms with E-state index in [1.807, 2.05) is 30.3 Å². The first kappa shape index (κ1) is 18.7. The second-order valence-electron chi connectivity index (χ2n) is 6.94. The highest BCUT2D eigenvalue weighted by atomic mass is 16.5. The standard InChI is InChI=1S/C22H21N3O4/c26-22(27)17-8-18(28-14-16-4-2-1-3-5-16)10-19(9-17)29-21-13-24-20(12-25-21)23-11-15-6-7-15/h1-5,8-10,12-13,15H,6-7,11,14H2,(H,23,24)(H,26,27). The summed E-state index contributed by atoms with van der Waals surface area (Å²) in [4.78, 5) is 20.0. The number of aromatic carboxylic acids is 1. The van der Waals surface area contributed by atoms with Gasteiger partial charge in [-0.25, -0.2) is 14.8 Å². The average Bonchev–Trinajstić information content (AvgIpc) is 3.57. The highest BCUT2D eigenvalue weighted by molar-refractivity contribution is 5.88. The molecule has 2 aromatic carbocycles. The topological polar surface area (TPSA) is 93.6 Å². The normalized spacial score (nSPS) is 13.0. The smallest absolute Gasteiger partial charge is 0.335 e. The van der Waals surface area contributed by atoms with Gasteiger partial charge in [-0.05, 0) is 36.5 Å². The van der Waals surface area contributed by atoms with E-state index in [0.29, 0.717) is 23.9 Å². The van der Waals surface area contributed by atoms with Gasteiger partial charge in [0.2, 0.25) is 5.88 Å². The van der Waals surface area contributed by atoms with Gasteiger partial charge in [0.05, 0.1) is 18.0 Å². The van der Waals surface area contributed by atoms with Crippen LogP contribution in [0.5, 0.6) is 17.4 Å². The average molecular weight is 391 g/mol. The zero-order valence-corrected chi connectivity index (χ0v) is 15.7. The molecule has 0 bridgehead atoms. The molecule has 1 aliphatic rings. The molecule has 7 heteroatoms. The van der Waals surface area contributed by atoms with Crippen LogP contribution >= 0.6 is 0 Å². The van der Waals surface area contributed by atoms with Crippen molar-refractivity contribution in [2.45, 2.75) is 19.4 Å². The number of rotatable bonds is 9. The Morgan fingerprint density at radius 3 is 2.55 bits per heavy atom. The molecule has 1 heterocycles. The molecule has 3 aromatic rings. The van der Waals surface area contributed by atoms with Gasteiger partial charge in [-0.1, -0.05) is 30.3 Å². The minimum atomic E-state index is -1.06. The monoisotopic (exact) mass is 391 g/mol. The number of hydrogen-bond acceptors (Lipinski definition) is 6. The second kappa shape index (κ2) is 8.60. The molecule has 0 aliphatic heterocycles. The van der Waals surface area contributed by atoms with Crippen LogP contribution in [0.2, 0.25) is 0 Å². The van der Waals surface area contributed by atoms with Crippen molar-refractivity contribution in [1.29, 1.82) is 0 Å². The van der Waals surface area contributed by atoms with Crippen molar-refractivity contribution < 1.29 is 19.4 Å². The number of carboxylic acids is 1. The minimum absolute atomic E-state index is 0.0706. The van der Waals surface area contributed by atoms with Gasteiger partial charge in [0, 0.05) is 12.6 Å². The molecular weight excluding hydrogens is 370 g/mol. The largest absolute Gasteiger partial charge is 0.489 e. The summed E-state index contributed by atoms with van der Waals surface area (Å²) < 4.78 is 11.5. The fraction of sp³-hybridized carbons (Fsp3) is 0.227. The third-order valence-corrected chi connectivity index (χ3v) is 4.49. The summed E-state index contributed by atoms with van der Waals surface area (Å²) in [5.74, 6) is 1.36. The second-order valence-corrected chi connectivity index (χ2v) is 6.94. The number of nitrogens with one attached hydrogen (secondary N) is 1. The Balaban J connectivity index is 1.45. The molecule has 1 aliphatic carbocycles. The lowest BCUT2D eigenvalue weighted by atomic mass is 10.2. The minimum Gasteiger partial charge on any atom is -0.489 e. The lowest BCUT2D eigenvalue weighted by Gasteiger charge is -2.11. The molecule has 0 saturated heterocycles. The van der Waals surface area contributed by atoms with E-state index in [1.54, 1.807) is 12.3 Å². The number of anilines is 1. The molecular formula is C22H21N3O4. The first-order valence-electron chi connectivity index (χ1n) is 9.44. The fourth-order valence-electron chi connectivity index (χ4n) is 2.73. The Kier molecular flexibility index (Phi) is 5.56. The van der Waals surface area contributed by atoms with Crippen molar-refractivity contribution in [3.63, 3.8) is 0 Å². The maximum atomic E-state index is 11.5. The molecule has 4 rings (SSSR count). The summed E-state index contributed by atoms with van der Waals surface area (Å²) in [7, 11) is 0. The summed E-state index contributed by atoms with van der Waals surface area (Å²) in [5.41, 5.74) is 1.05. The van der Waals surface area contributed by atoms with E-state index in [0.717, 1.165) is 18.0 Å². The van der Waals surface area contributed by atoms with Crippen LogP contribution < -0.4 is 14.8 Å². The van der Waals surface area contributed by atoms with Crippen molar-refractivity contribution in [3.8, 4) is 17.4 Å². The summed E-state index contributed by atoms with van der Waals surface area (Å²) >= 11 is 0. The van der Waals surface area contributed by atoms with E-state index in [1.165, 1.54) is 31.2 Å². The molecule has 7 nitrogen and oxygen atoms in total. The number of nitrogens with zero attached hydrogens (tertiary/aromatic N) is 2. The molecule has 0 atom stereocenters. The Labute approximate surface area is 168 Å². The van der Waals surface area contributed by atoms with Crippen LogP contribution in [0, 0.1) is 5.92 Å². The Morgan fingerprint density at radius 1 is 1.07 bits per heavy atom. The van der Waals surface area contributed by atoms with Crippen LogP contribution in [0.25, 0.3) is 0 Å². The van der Waals surface area contributed by atoms with Gasteiger partial charge in [0.15, 0.2) is 0 Å². The summed E-state index contributed by atoms with van der Waals surface area (Å²) in [5, 5.41) is 12.6. The molecule has 29 heavy (non-hydrogen) atoms. The van der Waals surface area contributed by atoms with Gasteiger partial charge in [0.1, 0.15) is 23.9 Å². The Bertz CT molecular complexity index is 973. The van der Waals surface area contributed by atoms with Crippen LogP contribution in [-0.2, 0) is 6.61 Å². The number of benzene rings is 2. The van der Waals surface area contributed by atoms with Crippen molar-refractivity contribution in [2.75, 3.05) is 11.9 Å². The fourth-order valence-corrected chi connectivity index (χ4v) is 2.73. The summed E-state index contributed by atoms with van der Waals surface area (Å²) in [6.07, 6.45) is 5.63. The molecule has 2 N–H and O–H groups in total. The van der Waals surface area contributed by atoms with Crippen molar-refractivity contribution in [2.24, 2.45) is 5.92 Å². The van der Waals surface area contributed by atoms with Crippen LogP contribution in [0.4, 0.5) is 5.82 Å². The quantitative estimate of drug-likeness (QED) is 0.559. The number of hydrogen-bond donors (Lipinski definition) is 2. The predicted octanol–water partition coefficient (Wildman–Crippen LogP) is 4.37. The first-order valence-corrected chi connectivity index (χ1v) is 9.44. The van der Waals surface area contributed by atoms with Crippen LogP contribution in [0.3, 0.4) is 0 Å². The zero-order valence-electron chi connectivity index (χ0n) is 15.7. The highest BCUT2D eigenvalue weighted by Crippen LogP contribution is 2.29. The van der Waals surface area contributed by atoms with Crippen molar-refractivity contribution in [1.82, 2.24) is 9.97 Å². The number of carboxylic acid groups (broad SMARTS) is 1. The van der Waals surface area contributed by atoms with Crippen LogP contribution in [0.15, 0.2) is 60.9 Å². The van der Waals surface area contributed by atoms with E-state index in [9.17, 15) is 9.90 Å². The molecule has 0 amide bonds. The van der Waals surface area contributed by atoms with Crippen molar-refractivity contribution in [3.05, 3.63) is 72.1 Å².